The fourth-order valence-corrected chi connectivity index (χ4v) is 0.896. The molecule has 0 bridgehead atoms. The van der Waals surface area contributed by atoms with Crippen LogP contribution in [0.3, 0.4) is 0 Å². The summed E-state index contributed by atoms with van der Waals surface area (Å²) in [7, 11) is 0. The quantitative estimate of drug-likeness (QED) is 0.645. The van der Waals surface area contributed by atoms with E-state index in [9.17, 15) is 9.59 Å². The first-order valence-electron chi connectivity index (χ1n) is 3.98. The summed E-state index contributed by atoms with van der Waals surface area (Å²) in [6.07, 6.45) is 1.42. The van der Waals surface area contributed by atoms with E-state index in [1.165, 1.54) is 6.20 Å². The van der Waals surface area contributed by atoms with Gasteiger partial charge in [-0.05, 0) is 25.5 Å². The molecular formula is C9H10N2O3. The molecule has 0 spiro atoms. The molecule has 14 heavy (non-hydrogen) atoms. The third-order valence-electron chi connectivity index (χ3n) is 1.79. The number of aryl methyl sites for hydroxylation is 2. The van der Waals surface area contributed by atoms with Gasteiger partial charge in [-0.1, -0.05) is 0 Å². The Bertz CT molecular complexity index is 388. The second-order valence-corrected chi connectivity index (χ2v) is 2.89. The van der Waals surface area contributed by atoms with Gasteiger partial charge in [0.25, 0.3) is 0 Å². The van der Waals surface area contributed by atoms with E-state index in [-0.39, 0.29) is 0 Å². The molecule has 0 aliphatic carbocycles. The molecule has 1 rings (SSSR count). The maximum absolute atomic E-state index is 10.8. The van der Waals surface area contributed by atoms with Crippen LogP contribution < -0.4 is 5.32 Å². The summed E-state index contributed by atoms with van der Waals surface area (Å²) in [6, 6.07) is 1.67. The highest BCUT2D eigenvalue weighted by Crippen LogP contribution is 2.10. The summed E-state index contributed by atoms with van der Waals surface area (Å²) in [5.41, 5.74) is 2.13. The van der Waals surface area contributed by atoms with Crippen molar-refractivity contribution in [1.82, 2.24) is 4.98 Å². The topological polar surface area (TPSA) is 79.3 Å². The Balaban J connectivity index is 2.83. The van der Waals surface area contributed by atoms with Gasteiger partial charge < -0.3 is 10.4 Å². The Morgan fingerprint density at radius 3 is 2.57 bits per heavy atom. The van der Waals surface area contributed by atoms with E-state index < -0.39 is 11.9 Å². The number of pyridine rings is 1. The Morgan fingerprint density at radius 2 is 2.07 bits per heavy atom. The standard InChI is InChI=1S/C9H10N2O3/c1-5-3-7(4-10-6(5)2)11-8(12)9(13)14/h3-4H,1-2H3,(H,11,12)(H,13,14). The van der Waals surface area contributed by atoms with Gasteiger partial charge in [0.1, 0.15) is 0 Å². The van der Waals surface area contributed by atoms with E-state index >= 15 is 0 Å². The Labute approximate surface area is 80.8 Å². The van der Waals surface area contributed by atoms with Gasteiger partial charge in [-0.25, -0.2) is 4.79 Å². The molecule has 2 N–H and O–H groups in total. The van der Waals surface area contributed by atoms with Crippen LogP contribution in [0.4, 0.5) is 5.69 Å². The largest absolute Gasteiger partial charge is 0.474 e. The molecule has 0 saturated heterocycles. The number of carbonyl (C=O) groups excluding carboxylic acids is 1. The van der Waals surface area contributed by atoms with Crippen molar-refractivity contribution in [2.45, 2.75) is 13.8 Å². The third-order valence-corrected chi connectivity index (χ3v) is 1.79. The summed E-state index contributed by atoms with van der Waals surface area (Å²) in [4.78, 5) is 25.0. The second kappa shape index (κ2) is 3.87. The summed E-state index contributed by atoms with van der Waals surface area (Å²) in [6.45, 7) is 3.66. The van der Waals surface area contributed by atoms with E-state index in [2.05, 4.69) is 10.3 Å². The summed E-state index contributed by atoms with van der Waals surface area (Å²) < 4.78 is 0. The lowest BCUT2D eigenvalue weighted by Gasteiger charge is -2.04. The van der Waals surface area contributed by atoms with Crippen molar-refractivity contribution in [2.24, 2.45) is 0 Å². The molecule has 0 aromatic carbocycles. The lowest BCUT2D eigenvalue weighted by atomic mass is 10.2. The van der Waals surface area contributed by atoms with Crippen molar-refractivity contribution in [3.63, 3.8) is 0 Å². The predicted molar refractivity (Wildman–Crippen MR) is 50.0 cm³/mol. The number of amides is 1. The van der Waals surface area contributed by atoms with Crippen molar-refractivity contribution >= 4 is 17.6 Å². The molecule has 5 nitrogen and oxygen atoms in total. The van der Waals surface area contributed by atoms with Crippen LogP contribution >= 0.6 is 0 Å². The molecule has 0 radical (unpaired) electrons. The Kier molecular flexibility index (Phi) is 2.81. The minimum atomic E-state index is -1.51. The first-order chi connectivity index (χ1) is 6.50. The monoisotopic (exact) mass is 194 g/mol. The molecule has 0 unspecified atom stereocenters. The number of anilines is 1. The maximum atomic E-state index is 10.8. The SMILES string of the molecule is Cc1cc(NC(=O)C(=O)O)cnc1C. The average Bonchev–Trinajstić information content (AvgIpc) is 2.11. The normalized spacial score (nSPS) is 9.57. The predicted octanol–water partition coefficient (Wildman–Crippen LogP) is 0.722. The summed E-state index contributed by atoms with van der Waals surface area (Å²) in [5, 5.41) is 10.5. The number of nitrogens with zero attached hydrogens (tertiary/aromatic N) is 1. The molecule has 1 aromatic rings. The first-order valence-corrected chi connectivity index (χ1v) is 3.98. The van der Waals surface area contributed by atoms with Crippen LogP contribution in [-0.4, -0.2) is 22.0 Å². The van der Waals surface area contributed by atoms with E-state index in [1.807, 2.05) is 13.8 Å². The van der Waals surface area contributed by atoms with E-state index in [0.717, 1.165) is 11.3 Å². The zero-order valence-electron chi connectivity index (χ0n) is 7.87. The molecule has 74 valence electrons. The van der Waals surface area contributed by atoms with Crippen molar-refractivity contribution in [2.75, 3.05) is 5.32 Å². The van der Waals surface area contributed by atoms with Crippen LogP contribution in [-0.2, 0) is 9.59 Å². The smallest absolute Gasteiger partial charge is 0.394 e. The van der Waals surface area contributed by atoms with Crippen LogP contribution in [0.1, 0.15) is 11.3 Å². The number of carboxylic acids is 1. The number of rotatable bonds is 1. The fraction of sp³-hybridized carbons (Fsp3) is 0.222. The Morgan fingerprint density at radius 1 is 1.43 bits per heavy atom. The van der Waals surface area contributed by atoms with Crippen molar-refractivity contribution in [3.8, 4) is 0 Å². The van der Waals surface area contributed by atoms with E-state index in [1.54, 1.807) is 6.07 Å². The minimum absolute atomic E-state index is 0.389. The van der Waals surface area contributed by atoms with Crippen LogP contribution in [0.2, 0.25) is 0 Å². The van der Waals surface area contributed by atoms with Crippen LogP contribution in [0.15, 0.2) is 12.3 Å². The van der Waals surface area contributed by atoms with Gasteiger partial charge in [0, 0.05) is 5.69 Å². The summed E-state index contributed by atoms with van der Waals surface area (Å²) in [5.74, 6) is -2.57. The molecule has 0 atom stereocenters. The van der Waals surface area contributed by atoms with Crippen LogP contribution in [0, 0.1) is 13.8 Å². The molecule has 5 heteroatoms. The molecule has 1 amide bonds. The van der Waals surface area contributed by atoms with Gasteiger partial charge in [0.05, 0.1) is 11.9 Å². The van der Waals surface area contributed by atoms with E-state index in [4.69, 9.17) is 5.11 Å². The second-order valence-electron chi connectivity index (χ2n) is 2.89. The molecule has 0 saturated carbocycles. The molecular weight excluding hydrogens is 184 g/mol. The van der Waals surface area contributed by atoms with Gasteiger partial charge in [0.15, 0.2) is 0 Å². The molecule has 0 aliphatic rings. The number of carboxylic acid groups (broad SMARTS) is 1. The molecule has 1 aromatic heterocycles. The third kappa shape index (κ3) is 2.29. The lowest BCUT2D eigenvalue weighted by Crippen LogP contribution is -2.21. The first kappa shape index (κ1) is 10.2. The summed E-state index contributed by atoms with van der Waals surface area (Å²) >= 11 is 0. The van der Waals surface area contributed by atoms with Crippen molar-refractivity contribution < 1.29 is 14.7 Å². The average molecular weight is 194 g/mol. The fourth-order valence-electron chi connectivity index (χ4n) is 0.896. The van der Waals surface area contributed by atoms with Crippen molar-refractivity contribution in [1.29, 1.82) is 0 Å². The molecule has 0 fully saturated rings. The number of hydrogen-bond donors (Lipinski definition) is 2. The highest BCUT2D eigenvalue weighted by Gasteiger charge is 2.11. The van der Waals surface area contributed by atoms with Gasteiger partial charge in [0.2, 0.25) is 0 Å². The van der Waals surface area contributed by atoms with Gasteiger partial charge in [-0.3, -0.25) is 9.78 Å². The number of nitrogens with one attached hydrogen (secondary N) is 1. The molecule has 1 heterocycles. The number of carbonyl (C=O) groups is 2. The van der Waals surface area contributed by atoms with Crippen LogP contribution in [0.5, 0.6) is 0 Å². The number of aromatic nitrogens is 1. The minimum Gasteiger partial charge on any atom is -0.474 e. The van der Waals surface area contributed by atoms with Gasteiger partial charge in [-0.15, -0.1) is 0 Å². The van der Waals surface area contributed by atoms with Gasteiger partial charge >= 0.3 is 11.9 Å². The number of aliphatic carboxylic acids is 1. The van der Waals surface area contributed by atoms with Crippen molar-refractivity contribution in [3.05, 3.63) is 23.5 Å². The highest BCUT2D eigenvalue weighted by atomic mass is 16.4. The Hall–Kier alpha value is -1.91. The van der Waals surface area contributed by atoms with E-state index in [0.29, 0.717) is 5.69 Å². The lowest BCUT2D eigenvalue weighted by molar-refractivity contribution is -0.147. The maximum Gasteiger partial charge on any atom is 0.394 e. The number of hydrogen-bond acceptors (Lipinski definition) is 3. The highest BCUT2D eigenvalue weighted by molar-refractivity contribution is 6.36. The van der Waals surface area contributed by atoms with Gasteiger partial charge in [-0.2, -0.15) is 0 Å². The zero-order chi connectivity index (χ0) is 10.7. The zero-order valence-corrected chi connectivity index (χ0v) is 7.87. The van der Waals surface area contributed by atoms with Crippen LogP contribution in [0.25, 0.3) is 0 Å². The molecule has 0 aliphatic heterocycles.